The van der Waals surface area contributed by atoms with E-state index in [0.29, 0.717) is 22.7 Å². The molecule has 0 fully saturated rings. The first kappa shape index (κ1) is 48.7. The summed E-state index contributed by atoms with van der Waals surface area (Å²) in [5.41, 5.74) is 5.74. The number of rotatable bonds is 4. The topological polar surface area (TPSA) is 86.2 Å². The molecule has 328 valence electrons. The van der Waals surface area contributed by atoms with Gasteiger partial charge in [0.05, 0.1) is 11.4 Å². The Balaban J connectivity index is 0.000000159. The maximum Gasteiger partial charge on any atom is 2.00 e. The van der Waals surface area contributed by atoms with E-state index in [1.54, 1.807) is 36.7 Å². The van der Waals surface area contributed by atoms with Gasteiger partial charge in [-0.05, 0) is 79.5 Å². The summed E-state index contributed by atoms with van der Waals surface area (Å²) in [6, 6.07) is 37.5. The van der Waals surface area contributed by atoms with Crippen LogP contribution in [0.1, 0.15) is 0 Å². The fraction of sp³-hybridized carbons (Fsp3) is 0.0833. The molecule has 0 aliphatic heterocycles. The van der Waals surface area contributed by atoms with Gasteiger partial charge in [-0.25, -0.2) is 8.78 Å². The quantitative estimate of drug-likeness (QED) is 0.0979. The Hall–Kier alpha value is -6.36. The minimum Gasteiger partial charge on any atom is -0.435 e. The average molecular weight is 1230 g/mol. The maximum absolute atomic E-state index is 13.5. The Labute approximate surface area is 393 Å². The van der Waals surface area contributed by atoms with Crippen LogP contribution < -0.4 is 19.8 Å². The SMILES string of the molecule is CN(C)c1ccc(-c2[c-]cc(F)cc2F)nc1.CN(C)c1ccc(-c2[c-]cc(F)cc2F)nc1.Fc1ccc2c(n1)[n-]c1ccccc12.Fc1ccc2c(n1)[n-]c1ccccc12.[Pt+2].[Pt+2]. The van der Waals surface area contributed by atoms with Crippen molar-refractivity contribution < 1.29 is 68.5 Å². The molecule has 6 heterocycles. The van der Waals surface area contributed by atoms with E-state index < -0.39 is 35.2 Å². The van der Waals surface area contributed by atoms with Crippen molar-refractivity contribution in [1.82, 2.24) is 29.9 Å². The van der Waals surface area contributed by atoms with Gasteiger partial charge in [0.25, 0.3) is 0 Å². The number of benzene rings is 4. The number of pyridine rings is 4. The van der Waals surface area contributed by atoms with Crippen molar-refractivity contribution in [3.05, 3.63) is 181 Å². The summed E-state index contributed by atoms with van der Waals surface area (Å²) < 4.78 is 78.0. The summed E-state index contributed by atoms with van der Waals surface area (Å²) in [7, 11) is 7.56. The molecule has 8 nitrogen and oxygen atoms in total. The Morgan fingerprint density at radius 1 is 0.469 bits per heavy atom. The molecule has 0 aliphatic rings. The molecule has 4 aromatic carbocycles. The van der Waals surface area contributed by atoms with Gasteiger partial charge in [0, 0.05) is 63.9 Å². The van der Waals surface area contributed by atoms with Crippen molar-refractivity contribution in [2.24, 2.45) is 0 Å². The van der Waals surface area contributed by atoms with Crippen molar-refractivity contribution in [2.45, 2.75) is 0 Å². The fourth-order valence-corrected chi connectivity index (χ4v) is 6.15. The smallest absolute Gasteiger partial charge is 0.435 e. The van der Waals surface area contributed by atoms with Crippen LogP contribution in [0.3, 0.4) is 0 Å². The second-order valence-corrected chi connectivity index (χ2v) is 13.9. The number of anilines is 2. The Bertz CT molecular complexity index is 2910. The van der Waals surface area contributed by atoms with Crippen molar-refractivity contribution in [2.75, 3.05) is 38.0 Å². The number of nitrogens with zero attached hydrogens (tertiary/aromatic N) is 8. The molecule has 0 radical (unpaired) electrons. The van der Waals surface area contributed by atoms with Gasteiger partial charge in [-0.15, -0.1) is 24.3 Å². The standard InChI is InChI=1S/2C13H11F2N2.2C11H6FN2.2Pt/c2*1-17(2)10-4-6-13(16-8-10)11-5-3-9(14)7-12(11)15;2*12-10-6-5-8-7-3-1-2-4-9(7)13-11(8)14-10;;/h2*3-4,6-8H,1-2H3;2*1-6H;;/q4*-1;2*+2. The van der Waals surface area contributed by atoms with Crippen molar-refractivity contribution in [1.29, 1.82) is 0 Å². The van der Waals surface area contributed by atoms with E-state index in [4.69, 9.17) is 0 Å². The van der Waals surface area contributed by atoms with Crippen LogP contribution in [0, 0.1) is 47.3 Å². The molecule has 0 saturated carbocycles. The van der Waals surface area contributed by atoms with Crippen LogP contribution in [-0.2, 0) is 42.1 Å². The third-order valence-corrected chi connectivity index (χ3v) is 9.28. The summed E-state index contributed by atoms with van der Waals surface area (Å²) >= 11 is 0. The van der Waals surface area contributed by atoms with Gasteiger partial charge < -0.3 is 39.7 Å². The van der Waals surface area contributed by atoms with Gasteiger partial charge in [-0.3, -0.25) is 17.6 Å². The van der Waals surface area contributed by atoms with Crippen LogP contribution in [0.2, 0.25) is 0 Å². The third-order valence-electron chi connectivity index (χ3n) is 9.28. The van der Waals surface area contributed by atoms with Gasteiger partial charge in [-0.1, -0.05) is 96.1 Å². The Kier molecular flexibility index (Phi) is 16.6. The average Bonchev–Trinajstić information content (AvgIpc) is 3.82. The number of halogens is 6. The monoisotopic (exact) mass is 1230 g/mol. The van der Waals surface area contributed by atoms with Crippen LogP contribution in [0.25, 0.3) is 66.4 Å². The minimum atomic E-state index is -0.657. The first-order valence-corrected chi connectivity index (χ1v) is 18.8. The second kappa shape index (κ2) is 21.8. The van der Waals surface area contributed by atoms with E-state index in [-0.39, 0.29) is 53.3 Å². The molecule has 0 amide bonds. The largest absolute Gasteiger partial charge is 2.00 e. The van der Waals surface area contributed by atoms with Crippen LogP contribution in [0.5, 0.6) is 0 Å². The van der Waals surface area contributed by atoms with Crippen LogP contribution >= 0.6 is 0 Å². The normalized spacial score (nSPS) is 10.4. The van der Waals surface area contributed by atoms with E-state index in [0.717, 1.165) is 68.2 Å². The minimum absolute atomic E-state index is 0. The molecule has 16 heteroatoms. The van der Waals surface area contributed by atoms with Crippen molar-refractivity contribution in [3.8, 4) is 22.5 Å². The summed E-state index contributed by atoms with van der Waals surface area (Å²) in [5, 5.41) is 3.86. The molecule has 64 heavy (non-hydrogen) atoms. The number of hydrogen-bond donors (Lipinski definition) is 0. The van der Waals surface area contributed by atoms with Crippen LogP contribution in [-0.4, -0.2) is 48.1 Å². The van der Waals surface area contributed by atoms with E-state index >= 15 is 0 Å². The summed E-state index contributed by atoms with van der Waals surface area (Å²) in [4.78, 5) is 28.0. The molecular weight excluding hydrogens is 1190 g/mol. The number of fused-ring (bicyclic) bond motifs is 6. The fourth-order valence-electron chi connectivity index (χ4n) is 6.15. The van der Waals surface area contributed by atoms with Crippen molar-refractivity contribution in [3.63, 3.8) is 0 Å². The van der Waals surface area contributed by atoms with E-state index in [2.05, 4.69) is 42.0 Å². The first-order valence-electron chi connectivity index (χ1n) is 18.8. The van der Waals surface area contributed by atoms with Gasteiger partial charge in [0.15, 0.2) is 0 Å². The van der Waals surface area contributed by atoms with Crippen molar-refractivity contribution >= 4 is 55.2 Å². The van der Waals surface area contributed by atoms with E-state index in [1.807, 2.05) is 98.7 Å². The van der Waals surface area contributed by atoms with Crippen LogP contribution in [0.4, 0.5) is 37.7 Å². The molecule has 0 N–H and O–H groups in total. The molecule has 0 atom stereocenters. The Morgan fingerprint density at radius 3 is 1.20 bits per heavy atom. The molecule has 0 saturated heterocycles. The molecular formula is C48H34F6N8Pt2. The molecule has 10 aromatic rings. The predicted octanol–water partition coefficient (Wildman–Crippen LogP) is 10.7. The summed E-state index contributed by atoms with van der Waals surface area (Å²) in [6.07, 6.45) is 3.26. The molecule has 0 unspecified atom stereocenters. The van der Waals surface area contributed by atoms with E-state index in [9.17, 15) is 26.3 Å². The molecule has 6 aromatic heterocycles. The molecule has 0 bridgehead atoms. The molecule has 0 spiro atoms. The number of aromatic nitrogens is 6. The number of hydrogen-bond acceptors (Lipinski definition) is 6. The van der Waals surface area contributed by atoms with Gasteiger partial charge >= 0.3 is 42.1 Å². The van der Waals surface area contributed by atoms with Gasteiger partial charge in [0.2, 0.25) is 0 Å². The van der Waals surface area contributed by atoms with Gasteiger partial charge in [0.1, 0.15) is 11.9 Å². The zero-order valence-corrected chi connectivity index (χ0v) is 38.7. The first-order chi connectivity index (χ1) is 29.8. The zero-order chi connectivity index (χ0) is 43.9. The predicted molar refractivity (Wildman–Crippen MR) is 231 cm³/mol. The second-order valence-electron chi connectivity index (χ2n) is 13.9. The van der Waals surface area contributed by atoms with E-state index in [1.165, 1.54) is 12.1 Å². The Morgan fingerprint density at radius 2 is 0.859 bits per heavy atom. The van der Waals surface area contributed by atoms with Crippen LogP contribution in [0.15, 0.2) is 134 Å². The summed E-state index contributed by atoms with van der Waals surface area (Å²) in [5.74, 6) is -3.57. The number of para-hydroxylation sites is 2. The zero-order valence-electron chi connectivity index (χ0n) is 34.2. The summed E-state index contributed by atoms with van der Waals surface area (Å²) in [6.45, 7) is 0. The molecule has 10 rings (SSSR count). The van der Waals surface area contributed by atoms with Gasteiger partial charge in [-0.2, -0.15) is 0 Å². The maximum atomic E-state index is 13.5. The molecule has 0 aliphatic carbocycles. The third kappa shape index (κ3) is 11.6.